The van der Waals surface area contributed by atoms with E-state index in [4.69, 9.17) is 11.6 Å². The first-order valence-corrected chi connectivity index (χ1v) is 7.44. The SMILES string of the molecule is Cc1ccc2c(CC(=O)O)c(-c3ccccc3Cl)[nH]c2c1C. The summed E-state index contributed by atoms with van der Waals surface area (Å²) < 4.78 is 0. The van der Waals surface area contributed by atoms with Crippen molar-refractivity contribution in [3.63, 3.8) is 0 Å². The lowest BCUT2D eigenvalue weighted by Gasteiger charge is -2.05. The quantitative estimate of drug-likeness (QED) is 0.734. The summed E-state index contributed by atoms with van der Waals surface area (Å²) in [5.41, 5.74) is 5.67. The van der Waals surface area contributed by atoms with Crippen LogP contribution in [0.15, 0.2) is 36.4 Å². The van der Waals surface area contributed by atoms with Gasteiger partial charge in [-0.1, -0.05) is 41.9 Å². The van der Waals surface area contributed by atoms with Gasteiger partial charge in [0.25, 0.3) is 0 Å². The van der Waals surface area contributed by atoms with Gasteiger partial charge in [-0.3, -0.25) is 4.79 Å². The summed E-state index contributed by atoms with van der Waals surface area (Å²) in [5.74, 6) is -0.854. The molecule has 3 aromatic rings. The van der Waals surface area contributed by atoms with Crippen LogP contribution in [0.2, 0.25) is 5.02 Å². The molecular formula is C18H16ClNO2. The molecule has 1 heterocycles. The van der Waals surface area contributed by atoms with Gasteiger partial charge in [-0.2, -0.15) is 0 Å². The van der Waals surface area contributed by atoms with Crippen LogP contribution in [-0.4, -0.2) is 16.1 Å². The monoisotopic (exact) mass is 313 g/mol. The van der Waals surface area contributed by atoms with E-state index in [1.54, 1.807) is 0 Å². The topological polar surface area (TPSA) is 53.1 Å². The van der Waals surface area contributed by atoms with Gasteiger partial charge in [0.2, 0.25) is 0 Å². The van der Waals surface area contributed by atoms with E-state index in [-0.39, 0.29) is 6.42 Å². The second-order valence-electron chi connectivity index (χ2n) is 5.46. The Morgan fingerprint density at radius 3 is 2.59 bits per heavy atom. The van der Waals surface area contributed by atoms with Gasteiger partial charge in [0.05, 0.1) is 12.1 Å². The molecule has 0 aliphatic carbocycles. The number of aliphatic carboxylic acids is 1. The number of hydrogen-bond donors (Lipinski definition) is 2. The molecule has 0 spiro atoms. The zero-order valence-electron chi connectivity index (χ0n) is 12.4. The van der Waals surface area contributed by atoms with Gasteiger partial charge in [-0.15, -0.1) is 0 Å². The third kappa shape index (κ3) is 2.38. The fourth-order valence-electron chi connectivity index (χ4n) is 2.79. The summed E-state index contributed by atoms with van der Waals surface area (Å²) in [5, 5.41) is 10.8. The van der Waals surface area contributed by atoms with E-state index in [0.29, 0.717) is 5.02 Å². The molecule has 0 saturated heterocycles. The molecule has 4 heteroatoms. The molecule has 2 N–H and O–H groups in total. The lowest BCUT2D eigenvalue weighted by molar-refractivity contribution is -0.136. The molecule has 0 saturated carbocycles. The van der Waals surface area contributed by atoms with Gasteiger partial charge in [-0.05, 0) is 36.6 Å². The van der Waals surface area contributed by atoms with Crippen LogP contribution in [0.5, 0.6) is 0 Å². The lowest BCUT2D eigenvalue weighted by Crippen LogP contribution is -2.01. The number of aromatic nitrogens is 1. The number of carboxylic acids is 1. The zero-order chi connectivity index (χ0) is 15.9. The van der Waals surface area contributed by atoms with Gasteiger partial charge in [0.1, 0.15) is 0 Å². The van der Waals surface area contributed by atoms with Crippen molar-refractivity contribution in [3.05, 3.63) is 58.1 Å². The third-order valence-corrected chi connectivity index (χ3v) is 4.41. The van der Waals surface area contributed by atoms with Crippen LogP contribution in [0.1, 0.15) is 16.7 Å². The number of carbonyl (C=O) groups is 1. The van der Waals surface area contributed by atoms with Crippen molar-refractivity contribution in [1.82, 2.24) is 4.98 Å². The maximum absolute atomic E-state index is 11.3. The Labute approximate surface area is 133 Å². The van der Waals surface area contributed by atoms with E-state index in [1.807, 2.05) is 50.2 Å². The number of benzene rings is 2. The molecule has 3 rings (SSSR count). The zero-order valence-corrected chi connectivity index (χ0v) is 13.2. The van der Waals surface area contributed by atoms with Gasteiger partial charge in [0, 0.05) is 21.5 Å². The van der Waals surface area contributed by atoms with Crippen molar-refractivity contribution in [1.29, 1.82) is 0 Å². The Morgan fingerprint density at radius 1 is 1.18 bits per heavy atom. The van der Waals surface area contributed by atoms with E-state index in [1.165, 1.54) is 5.56 Å². The van der Waals surface area contributed by atoms with Crippen molar-refractivity contribution < 1.29 is 9.90 Å². The highest BCUT2D eigenvalue weighted by Crippen LogP contribution is 2.36. The minimum absolute atomic E-state index is 0.0386. The van der Waals surface area contributed by atoms with Crippen molar-refractivity contribution >= 4 is 28.5 Å². The van der Waals surface area contributed by atoms with E-state index < -0.39 is 5.97 Å². The Kier molecular flexibility index (Phi) is 3.67. The van der Waals surface area contributed by atoms with Crippen molar-refractivity contribution in [2.24, 2.45) is 0 Å². The van der Waals surface area contributed by atoms with Crippen molar-refractivity contribution in [3.8, 4) is 11.3 Å². The Balaban J connectivity index is 2.36. The summed E-state index contributed by atoms with van der Waals surface area (Å²) in [4.78, 5) is 14.7. The fourth-order valence-corrected chi connectivity index (χ4v) is 3.02. The van der Waals surface area contributed by atoms with Crippen molar-refractivity contribution in [2.45, 2.75) is 20.3 Å². The van der Waals surface area contributed by atoms with Crippen molar-refractivity contribution in [2.75, 3.05) is 0 Å². The first-order valence-electron chi connectivity index (χ1n) is 7.06. The highest BCUT2D eigenvalue weighted by Gasteiger charge is 2.18. The number of carboxylic acid groups (broad SMARTS) is 1. The van der Waals surface area contributed by atoms with Crippen LogP contribution < -0.4 is 0 Å². The number of aromatic amines is 1. The second kappa shape index (κ2) is 5.50. The molecule has 112 valence electrons. The number of H-pyrrole nitrogens is 1. The maximum atomic E-state index is 11.3. The molecule has 1 aromatic heterocycles. The Bertz CT molecular complexity index is 880. The molecule has 0 fully saturated rings. The number of aryl methyl sites for hydroxylation is 2. The largest absolute Gasteiger partial charge is 0.481 e. The minimum Gasteiger partial charge on any atom is -0.481 e. The van der Waals surface area contributed by atoms with E-state index in [2.05, 4.69) is 4.98 Å². The van der Waals surface area contributed by atoms with E-state index in [0.717, 1.165) is 33.3 Å². The normalized spacial score (nSPS) is 11.0. The van der Waals surface area contributed by atoms with Gasteiger partial charge < -0.3 is 10.1 Å². The molecule has 22 heavy (non-hydrogen) atoms. The lowest BCUT2D eigenvalue weighted by atomic mass is 10.00. The molecule has 0 amide bonds. The number of hydrogen-bond acceptors (Lipinski definition) is 1. The Morgan fingerprint density at radius 2 is 1.91 bits per heavy atom. The van der Waals surface area contributed by atoms with Crippen LogP contribution in [0.3, 0.4) is 0 Å². The summed E-state index contributed by atoms with van der Waals surface area (Å²) in [7, 11) is 0. The van der Waals surface area contributed by atoms with Crippen LogP contribution in [-0.2, 0) is 11.2 Å². The predicted molar refractivity (Wildman–Crippen MR) is 89.6 cm³/mol. The highest BCUT2D eigenvalue weighted by atomic mass is 35.5. The second-order valence-corrected chi connectivity index (χ2v) is 5.87. The molecule has 0 atom stereocenters. The molecule has 2 aromatic carbocycles. The summed E-state index contributed by atoms with van der Waals surface area (Å²) in [6.07, 6.45) is -0.0386. The van der Waals surface area contributed by atoms with E-state index in [9.17, 15) is 9.90 Å². The molecular weight excluding hydrogens is 298 g/mol. The summed E-state index contributed by atoms with van der Waals surface area (Å²) in [6.45, 7) is 4.08. The first kappa shape index (κ1) is 14.7. The predicted octanol–water partition coefficient (Wildman–Crippen LogP) is 4.73. The number of halogens is 1. The molecule has 0 bridgehead atoms. The van der Waals surface area contributed by atoms with E-state index >= 15 is 0 Å². The van der Waals surface area contributed by atoms with Crippen LogP contribution in [0.4, 0.5) is 0 Å². The molecule has 0 unspecified atom stereocenters. The Hall–Kier alpha value is -2.26. The van der Waals surface area contributed by atoms with Crippen LogP contribution in [0.25, 0.3) is 22.2 Å². The molecule has 0 aliphatic heterocycles. The standard InChI is InChI=1S/C18H16ClNO2/c1-10-7-8-12-14(9-16(21)22)18(20-17(12)11(10)2)13-5-3-4-6-15(13)19/h3-8,20H,9H2,1-2H3,(H,21,22). The number of fused-ring (bicyclic) bond motifs is 1. The smallest absolute Gasteiger partial charge is 0.307 e. The maximum Gasteiger partial charge on any atom is 0.307 e. The molecule has 0 radical (unpaired) electrons. The number of rotatable bonds is 3. The average molecular weight is 314 g/mol. The third-order valence-electron chi connectivity index (χ3n) is 4.08. The highest BCUT2D eigenvalue weighted by molar-refractivity contribution is 6.33. The first-order chi connectivity index (χ1) is 10.5. The van der Waals surface area contributed by atoms with Gasteiger partial charge in [-0.25, -0.2) is 0 Å². The number of nitrogens with one attached hydrogen (secondary N) is 1. The summed E-state index contributed by atoms with van der Waals surface area (Å²) >= 11 is 6.30. The van der Waals surface area contributed by atoms with Gasteiger partial charge >= 0.3 is 5.97 Å². The van der Waals surface area contributed by atoms with Gasteiger partial charge in [0.15, 0.2) is 0 Å². The average Bonchev–Trinajstić information content (AvgIpc) is 2.82. The molecule has 3 nitrogen and oxygen atoms in total. The van der Waals surface area contributed by atoms with Crippen LogP contribution in [0, 0.1) is 13.8 Å². The summed E-state index contributed by atoms with van der Waals surface area (Å²) in [6, 6.07) is 11.5. The van der Waals surface area contributed by atoms with Crippen LogP contribution >= 0.6 is 11.6 Å². The minimum atomic E-state index is -0.854. The fraction of sp³-hybridized carbons (Fsp3) is 0.167. The molecule has 0 aliphatic rings.